The Morgan fingerprint density at radius 3 is 1.56 bits per heavy atom. The van der Waals surface area contributed by atoms with E-state index in [9.17, 15) is 10.2 Å². The molecule has 0 saturated carbocycles. The second-order valence-electron chi connectivity index (χ2n) is 18.4. The van der Waals surface area contributed by atoms with Crippen molar-refractivity contribution >= 4 is 18.7 Å². The summed E-state index contributed by atoms with van der Waals surface area (Å²) >= 11 is 0. The molecule has 2 heterocycles. The third-order valence-corrected chi connectivity index (χ3v) is 18.1. The van der Waals surface area contributed by atoms with E-state index < -0.39 is 75.6 Å². The summed E-state index contributed by atoms with van der Waals surface area (Å²) in [6.07, 6.45) is -7.11. The zero-order valence-electron chi connectivity index (χ0n) is 40.3. The van der Waals surface area contributed by atoms with E-state index >= 15 is 0 Å². The third-order valence-electron chi connectivity index (χ3n) is 13.1. The van der Waals surface area contributed by atoms with Crippen molar-refractivity contribution in [3.63, 3.8) is 0 Å². The molecular weight excluding hydrogens is 881 g/mol. The average Bonchev–Trinajstić information content (AvgIpc) is 3.37. The second-order valence-corrected chi connectivity index (χ2v) is 22.7. The lowest BCUT2D eigenvalue weighted by Crippen LogP contribution is -2.70. The van der Waals surface area contributed by atoms with Crippen LogP contribution in [-0.2, 0) is 57.4 Å². The first kappa shape index (κ1) is 51.1. The van der Waals surface area contributed by atoms with Gasteiger partial charge in [0.25, 0.3) is 8.32 Å². The number of hydrogen-bond acceptors (Lipinski definition) is 12. The molecule has 2 saturated heterocycles. The molecule has 2 aliphatic rings. The Balaban J connectivity index is 1.34. The highest BCUT2D eigenvalue weighted by Crippen LogP contribution is 2.41. The Kier molecular flexibility index (Phi) is 17.5. The van der Waals surface area contributed by atoms with Crippen molar-refractivity contribution in [3.8, 4) is 11.5 Å². The molecular formula is C55H68O12Si. The number of hydrogen-bond donors (Lipinski definition) is 2. The Morgan fingerprint density at radius 1 is 0.632 bits per heavy atom. The Labute approximate surface area is 402 Å². The highest BCUT2D eigenvalue weighted by Gasteiger charge is 2.58. The van der Waals surface area contributed by atoms with Crippen LogP contribution in [0, 0.1) is 0 Å². The fourth-order valence-electron chi connectivity index (χ4n) is 9.41. The van der Waals surface area contributed by atoms with Crippen LogP contribution in [0.15, 0.2) is 152 Å². The Hall–Kier alpha value is -4.74. The van der Waals surface area contributed by atoms with E-state index in [1.165, 1.54) is 13.2 Å². The average molecular weight is 949 g/mol. The number of methoxy groups -OCH3 is 3. The molecule has 0 aromatic heterocycles. The molecule has 0 amide bonds. The predicted octanol–water partition coefficient (Wildman–Crippen LogP) is 7.16. The molecule has 0 spiro atoms. The smallest absolute Gasteiger partial charge is 0.261 e. The van der Waals surface area contributed by atoms with E-state index in [1.54, 1.807) is 14.2 Å². The van der Waals surface area contributed by atoms with Gasteiger partial charge in [-0.15, -0.1) is 6.58 Å². The maximum Gasteiger partial charge on any atom is 0.261 e. The summed E-state index contributed by atoms with van der Waals surface area (Å²) < 4.78 is 66.2. The van der Waals surface area contributed by atoms with E-state index in [1.807, 2.05) is 97.9 Å². The normalized spacial score (nSPS) is 26.5. The lowest BCUT2D eigenvalue weighted by molar-refractivity contribution is -0.369. The fourth-order valence-corrected chi connectivity index (χ4v) is 14.0. The van der Waals surface area contributed by atoms with Gasteiger partial charge in [0.15, 0.2) is 6.29 Å². The van der Waals surface area contributed by atoms with Gasteiger partial charge in [0.05, 0.1) is 53.4 Å². The van der Waals surface area contributed by atoms with Gasteiger partial charge < -0.3 is 57.3 Å². The maximum atomic E-state index is 11.9. The molecule has 4 unspecified atom stereocenters. The van der Waals surface area contributed by atoms with Crippen LogP contribution in [-0.4, -0.2) is 114 Å². The van der Waals surface area contributed by atoms with E-state index in [2.05, 4.69) is 75.9 Å². The summed E-state index contributed by atoms with van der Waals surface area (Å²) in [5.41, 5.74) is 1.01. The lowest BCUT2D eigenvalue weighted by atomic mass is 9.86. The van der Waals surface area contributed by atoms with Gasteiger partial charge in [-0.25, -0.2) is 0 Å². The summed E-state index contributed by atoms with van der Waals surface area (Å²) in [5, 5.41) is 24.7. The molecule has 13 heteroatoms. The molecule has 5 aromatic carbocycles. The Bertz CT molecular complexity index is 2240. The number of rotatable bonds is 21. The minimum absolute atomic E-state index is 0.0844. The fraction of sp³-hybridized carbons (Fsp3) is 0.418. The maximum absolute atomic E-state index is 11.9. The first-order valence-corrected chi connectivity index (χ1v) is 25.1. The lowest BCUT2D eigenvalue weighted by Gasteiger charge is -2.52. The van der Waals surface area contributed by atoms with Crippen molar-refractivity contribution in [3.05, 3.63) is 169 Å². The minimum atomic E-state index is -3.13. The van der Waals surface area contributed by atoms with Crippen molar-refractivity contribution < 1.29 is 57.3 Å². The van der Waals surface area contributed by atoms with E-state index in [-0.39, 0.29) is 31.5 Å². The van der Waals surface area contributed by atoms with Crippen molar-refractivity contribution in [2.75, 3.05) is 34.5 Å². The van der Waals surface area contributed by atoms with Crippen LogP contribution in [0.25, 0.3) is 0 Å². The molecule has 7 rings (SSSR count). The molecule has 5 aromatic rings. The molecule has 0 bridgehead atoms. The Morgan fingerprint density at radius 2 is 1.10 bits per heavy atom. The van der Waals surface area contributed by atoms with Crippen molar-refractivity contribution in [1.29, 1.82) is 0 Å². The first-order valence-electron chi connectivity index (χ1n) is 23.2. The zero-order chi connectivity index (χ0) is 48.3. The standard InChI is InChI=1S/C55H68O12Si/c1-9-55(37-56)52(57)50(60-8)51(63-33-39-19-13-10-14-20-39)53(67-55)66-48-46(36-64-68(54(3,4)5,44-21-15-11-16-22-44)45-23-17-12-18-24-45)65-38(2)47(61-34-40-25-29-42(58-6)30-26-40)49(48)62-35-41-27-31-43(59-7)32-28-41/h9-32,38,46-53,56-57H,1,33-37H2,2-8H3/t38-,46?,47?,48-,49+,50-,51?,52+,53-,55?/m1/s1. The molecule has 364 valence electrons. The molecule has 2 fully saturated rings. The van der Waals surface area contributed by atoms with Crippen LogP contribution < -0.4 is 19.8 Å². The van der Waals surface area contributed by atoms with Crippen LogP contribution in [0.4, 0.5) is 0 Å². The van der Waals surface area contributed by atoms with Crippen LogP contribution in [0.5, 0.6) is 11.5 Å². The molecule has 68 heavy (non-hydrogen) atoms. The van der Waals surface area contributed by atoms with Crippen molar-refractivity contribution in [1.82, 2.24) is 0 Å². The monoisotopic (exact) mass is 948 g/mol. The molecule has 2 aliphatic heterocycles. The van der Waals surface area contributed by atoms with Crippen molar-refractivity contribution in [2.24, 2.45) is 0 Å². The summed E-state index contributed by atoms with van der Waals surface area (Å²) in [5.74, 6) is 1.45. The van der Waals surface area contributed by atoms with Gasteiger partial charge in [-0.05, 0) is 63.3 Å². The molecule has 12 nitrogen and oxygen atoms in total. The van der Waals surface area contributed by atoms with Crippen molar-refractivity contribution in [2.45, 2.75) is 113 Å². The van der Waals surface area contributed by atoms with Crippen LogP contribution in [0.2, 0.25) is 5.04 Å². The highest BCUT2D eigenvalue weighted by molar-refractivity contribution is 6.99. The minimum Gasteiger partial charge on any atom is -0.497 e. The first-order chi connectivity index (χ1) is 32.9. The molecule has 0 radical (unpaired) electrons. The zero-order valence-corrected chi connectivity index (χ0v) is 41.3. The van der Waals surface area contributed by atoms with E-state index in [0.717, 1.165) is 38.6 Å². The van der Waals surface area contributed by atoms with Gasteiger partial charge in [-0.3, -0.25) is 0 Å². The van der Waals surface area contributed by atoms with E-state index in [4.69, 9.17) is 47.1 Å². The van der Waals surface area contributed by atoms with Crippen LogP contribution in [0.1, 0.15) is 44.4 Å². The van der Waals surface area contributed by atoms with Gasteiger partial charge in [-0.1, -0.05) is 142 Å². The van der Waals surface area contributed by atoms with Gasteiger partial charge >= 0.3 is 0 Å². The summed E-state index contributed by atoms with van der Waals surface area (Å²) in [6.45, 7) is 12.7. The van der Waals surface area contributed by atoms with Crippen LogP contribution in [0.3, 0.4) is 0 Å². The summed E-state index contributed by atoms with van der Waals surface area (Å²) in [7, 11) is 1.61. The number of benzene rings is 5. The van der Waals surface area contributed by atoms with Gasteiger partial charge in [0.1, 0.15) is 59.8 Å². The number of ether oxygens (including phenoxy) is 9. The highest BCUT2D eigenvalue weighted by atomic mass is 28.4. The van der Waals surface area contributed by atoms with E-state index in [0.29, 0.717) is 0 Å². The van der Waals surface area contributed by atoms with Gasteiger partial charge in [-0.2, -0.15) is 0 Å². The summed E-state index contributed by atoms with van der Waals surface area (Å²) in [6, 6.07) is 45.9. The molecule has 10 atom stereocenters. The second kappa shape index (κ2) is 23.2. The quantitative estimate of drug-likeness (QED) is 0.0572. The SMILES string of the molecule is C=CC1(CO)O[C@@H](O[C@@H]2C(CO[Si](c3ccccc3)(c3ccccc3)C(C)(C)C)O[C@H](C)C(OCc3ccc(OC)cc3)[C@@H]2OCc2ccc(OC)cc2)C(OCc2ccccc2)[C@@H](OC)[C@@H]1O. The number of aliphatic hydroxyl groups is 2. The number of aliphatic hydroxyl groups excluding tert-OH is 2. The van der Waals surface area contributed by atoms with Crippen LogP contribution >= 0.6 is 0 Å². The van der Waals surface area contributed by atoms with Gasteiger partial charge in [0, 0.05) is 7.11 Å². The largest absolute Gasteiger partial charge is 0.497 e. The molecule has 0 aliphatic carbocycles. The predicted molar refractivity (Wildman–Crippen MR) is 263 cm³/mol. The topological polar surface area (TPSA) is 133 Å². The molecule has 2 N–H and O–H groups in total. The van der Waals surface area contributed by atoms with Gasteiger partial charge in [0.2, 0.25) is 0 Å². The third kappa shape index (κ3) is 11.3. The summed E-state index contributed by atoms with van der Waals surface area (Å²) in [4.78, 5) is 0.